The third-order valence-corrected chi connectivity index (χ3v) is 1.58. The quantitative estimate of drug-likeness (QED) is 0.516. The molecule has 0 N–H and O–H groups in total. The summed E-state index contributed by atoms with van der Waals surface area (Å²) in [6.45, 7) is 10.2. The van der Waals surface area contributed by atoms with Crippen LogP contribution in [-0.4, -0.2) is 0 Å². The molecule has 0 fully saturated rings. The van der Waals surface area contributed by atoms with Gasteiger partial charge in [0.25, 0.3) is 0 Å². The van der Waals surface area contributed by atoms with E-state index in [0.29, 0.717) is 0 Å². The maximum absolute atomic E-state index is 3.78. The standard InChI is InChI=1S/C11H19.Y/c1-5-7-11(4)9-6-8-10(2)3;/h7-8H,1,5-6,9H2,2-4H3;/q-1;/b11-7+;. The minimum Gasteiger partial charge on any atom is -0.340 e. The second-order valence-electron chi connectivity index (χ2n) is 3.16. The Bertz CT molecular complexity index is 150. The average molecular weight is 240 g/mol. The van der Waals surface area contributed by atoms with Gasteiger partial charge in [0.05, 0.1) is 0 Å². The van der Waals surface area contributed by atoms with Crippen LogP contribution in [0, 0.1) is 6.92 Å². The molecule has 12 heavy (non-hydrogen) atoms. The monoisotopic (exact) mass is 240 g/mol. The average Bonchev–Trinajstić information content (AvgIpc) is 1.87. The van der Waals surface area contributed by atoms with Crippen molar-refractivity contribution in [3.05, 3.63) is 30.2 Å². The molecular formula is C11H19Y-. The molecule has 0 spiro atoms. The summed E-state index contributed by atoms with van der Waals surface area (Å²) in [7, 11) is 0. The summed E-state index contributed by atoms with van der Waals surface area (Å²) >= 11 is 0. The fraction of sp³-hybridized carbons (Fsp3) is 0.545. The zero-order valence-electron chi connectivity index (χ0n) is 8.56. The van der Waals surface area contributed by atoms with Gasteiger partial charge in [0.2, 0.25) is 0 Å². The van der Waals surface area contributed by atoms with Crippen molar-refractivity contribution in [1.82, 2.24) is 0 Å². The van der Waals surface area contributed by atoms with Crippen molar-refractivity contribution in [3.63, 3.8) is 0 Å². The van der Waals surface area contributed by atoms with Crippen molar-refractivity contribution < 1.29 is 32.7 Å². The molecule has 0 amide bonds. The van der Waals surface area contributed by atoms with Crippen molar-refractivity contribution in [3.8, 4) is 0 Å². The van der Waals surface area contributed by atoms with E-state index in [0.717, 1.165) is 6.42 Å². The molecule has 0 unspecified atom stereocenters. The van der Waals surface area contributed by atoms with Gasteiger partial charge in [0.15, 0.2) is 0 Å². The first-order valence-corrected chi connectivity index (χ1v) is 4.25. The minimum atomic E-state index is 0. The maximum Gasteiger partial charge on any atom is 0 e. The van der Waals surface area contributed by atoms with Gasteiger partial charge in [-0.2, -0.15) is 6.42 Å². The van der Waals surface area contributed by atoms with Crippen LogP contribution in [0.4, 0.5) is 0 Å². The third kappa shape index (κ3) is 10.6. The Morgan fingerprint density at radius 2 is 1.75 bits per heavy atom. The fourth-order valence-corrected chi connectivity index (χ4v) is 0.937. The Kier molecular flexibility index (Phi) is 12.1. The Balaban J connectivity index is 0. The van der Waals surface area contributed by atoms with Crippen molar-refractivity contribution in [2.24, 2.45) is 0 Å². The van der Waals surface area contributed by atoms with E-state index in [-0.39, 0.29) is 32.7 Å². The SMILES string of the molecule is [CH2-]C/C=C(\C)CCC=C(C)C.[Y]. The summed E-state index contributed by atoms with van der Waals surface area (Å²) in [6.07, 6.45) is 7.74. The number of rotatable bonds is 4. The predicted molar refractivity (Wildman–Crippen MR) is 52.4 cm³/mol. The molecule has 0 atom stereocenters. The zero-order chi connectivity index (χ0) is 8.69. The molecule has 67 valence electrons. The molecule has 0 rings (SSSR count). The third-order valence-electron chi connectivity index (χ3n) is 1.58. The Morgan fingerprint density at radius 3 is 2.17 bits per heavy atom. The Hall–Kier alpha value is 0.584. The predicted octanol–water partition coefficient (Wildman–Crippen LogP) is 3.90. The molecule has 0 heterocycles. The van der Waals surface area contributed by atoms with E-state index >= 15 is 0 Å². The van der Waals surface area contributed by atoms with Crippen LogP contribution in [0.25, 0.3) is 0 Å². The first-order valence-electron chi connectivity index (χ1n) is 4.25. The molecule has 0 saturated heterocycles. The summed E-state index contributed by atoms with van der Waals surface area (Å²) in [6, 6.07) is 0. The van der Waals surface area contributed by atoms with E-state index in [9.17, 15) is 0 Å². The summed E-state index contributed by atoms with van der Waals surface area (Å²) in [5.41, 5.74) is 2.87. The topological polar surface area (TPSA) is 0 Å². The molecule has 0 aromatic heterocycles. The molecular weight excluding hydrogens is 221 g/mol. The molecule has 0 saturated carbocycles. The van der Waals surface area contributed by atoms with Gasteiger partial charge in [-0.15, -0.1) is 6.08 Å². The molecule has 0 aromatic rings. The zero-order valence-corrected chi connectivity index (χ0v) is 11.4. The van der Waals surface area contributed by atoms with Crippen LogP contribution >= 0.6 is 0 Å². The van der Waals surface area contributed by atoms with Crippen LogP contribution in [0.15, 0.2) is 23.3 Å². The van der Waals surface area contributed by atoms with Crippen LogP contribution in [0.3, 0.4) is 0 Å². The maximum atomic E-state index is 3.78. The molecule has 1 heteroatoms. The number of hydrogen-bond donors (Lipinski definition) is 0. The van der Waals surface area contributed by atoms with E-state index in [4.69, 9.17) is 0 Å². The second kappa shape index (κ2) is 9.67. The van der Waals surface area contributed by atoms with Crippen molar-refractivity contribution in [2.45, 2.75) is 40.0 Å². The Morgan fingerprint density at radius 1 is 1.17 bits per heavy atom. The van der Waals surface area contributed by atoms with Crippen molar-refractivity contribution >= 4 is 0 Å². The molecule has 0 aliphatic heterocycles. The van der Waals surface area contributed by atoms with Crippen molar-refractivity contribution in [1.29, 1.82) is 0 Å². The fourth-order valence-electron chi connectivity index (χ4n) is 0.937. The molecule has 0 aromatic carbocycles. The van der Waals surface area contributed by atoms with Crippen molar-refractivity contribution in [2.75, 3.05) is 0 Å². The molecule has 0 nitrogen and oxygen atoms in total. The van der Waals surface area contributed by atoms with Crippen LogP contribution < -0.4 is 0 Å². The molecule has 0 aliphatic carbocycles. The van der Waals surface area contributed by atoms with Gasteiger partial charge in [-0.25, -0.2) is 0 Å². The molecule has 0 aliphatic rings. The van der Waals surface area contributed by atoms with Gasteiger partial charge in [-0.3, -0.25) is 0 Å². The number of hydrogen-bond acceptors (Lipinski definition) is 0. The van der Waals surface area contributed by atoms with Gasteiger partial charge < -0.3 is 6.92 Å². The second-order valence-corrected chi connectivity index (χ2v) is 3.16. The van der Waals surface area contributed by atoms with Gasteiger partial charge in [0, 0.05) is 32.7 Å². The summed E-state index contributed by atoms with van der Waals surface area (Å²) < 4.78 is 0. The minimum absolute atomic E-state index is 0. The van der Waals surface area contributed by atoms with E-state index in [1.165, 1.54) is 24.0 Å². The van der Waals surface area contributed by atoms with E-state index in [1.54, 1.807) is 0 Å². The normalized spacial score (nSPS) is 10.5. The smallest absolute Gasteiger partial charge is 0 e. The van der Waals surface area contributed by atoms with E-state index < -0.39 is 0 Å². The first kappa shape index (κ1) is 15.1. The van der Waals surface area contributed by atoms with Crippen LogP contribution in [0.5, 0.6) is 0 Å². The number of allylic oxidation sites excluding steroid dienone is 4. The van der Waals surface area contributed by atoms with Crippen LogP contribution in [-0.2, 0) is 32.7 Å². The first-order chi connectivity index (χ1) is 5.16. The van der Waals surface area contributed by atoms with E-state index in [2.05, 4.69) is 39.8 Å². The van der Waals surface area contributed by atoms with Gasteiger partial charge in [0.1, 0.15) is 0 Å². The van der Waals surface area contributed by atoms with E-state index in [1.807, 2.05) is 0 Å². The van der Waals surface area contributed by atoms with Crippen LogP contribution in [0.2, 0.25) is 0 Å². The molecule has 1 radical (unpaired) electrons. The van der Waals surface area contributed by atoms with Gasteiger partial charge in [-0.05, 0) is 33.6 Å². The summed E-state index contributed by atoms with van der Waals surface area (Å²) in [5.74, 6) is 0. The summed E-state index contributed by atoms with van der Waals surface area (Å²) in [5, 5.41) is 0. The van der Waals surface area contributed by atoms with Gasteiger partial charge in [-0.1, -0.05) is 17.2 Å². The Labute approximate surface area is 102 Å². The largest absolute Gasteiger partial charge is 0.340 e. The summed E-state index contributed by atoms with van der Waals surface area (Å²) in [4.78, 5) is 0. The van der Waals surface area contributed by atoms with Crippen LogP contribution in [0.1, 0.15) is 40.0 Å². The van der Waals surface area contributed by atoms with Gasteiger partial charge >= 0.3 is 0 Å². The molecule has 0 bridgehead atoms.